The van der Waals surface area contributed by atoms with Gasteiger partial charge in [0.1, 0.15) is 0 Å². The first-order valence-electron chi connectivity index (χ1n) is 12.9. The summed E-state index contributed by atoms with van der Waals surface area (Å²) >= 11 is 5.98. The number of benzene rings is 1. The molecule has 0 aliphatic heterocycles. The summed E-state index contributed by atoms with van der Waals surface area (Å²) in [7, 11) is 0. The molecule has 14 heteroatoms. The maximum atomic E-state index is 13.9. The standard InChI is InChI=1S/C27H25ClF6N6O/c1-14(2)15-4-6-16(7-5-15)18-12-20(26(29,30)31)40-21(36-18)13-19(37-40)25(41)35-10-3-11-39-23(17-8-9-17)22(28)24(38-39)27(32,33)34/h4-7,12-14,17H,3,8-11H2,1-2H3,(H,35,41). The fourth-order valence-corrected chi connectivity index (χ4v) is 4.94. The summed E-state index contributed by atoms with van der Waals surface area (Å²) < 4.78 is 83.4. The Hall–Kier alpha value is -3.61. The predicted molar refractivity (Wildman–Crippen MR) is 139 cm³/mol. The van der Waals surface area contributed by atoms with Crippen molar-refractivity contribution in [3.8, 4) is 11.3 Å². The van der Waals surface area contributed by atoms with Crippen LogP contribution >= 0.6 is 11.6 Å². The highest BCUT2D eigenvalue weighted by Crippen LogP contribution is 2.47. The molecule has 4 aromatic rings. The third-order valence-corrected chi connectivity index (χ3v) is 7.19. The molecule has 1 fully saturated rings. The number of rotatable bonds is 8. The second kappa shape index (κ2) is 10.7. The monoisotopic (exact) mass is 598 g/mol. The molecule has 1 aliphatic carbocycles. The Morgan fingerprint density at radius 2 is 1.73 bits per heavy atom. The molecule has 7 nitrogen and oxygen atoms in total. The van der Waals surface area contributed by atoms with Crippen molar-refractivity contribution in [2.75, 3.05) is 6.54 Å². The van der Waals surface area contributed by atoms with Crippen LogP contribution in [0.15, 0.2) is 36.4 Å². The molecule has 1 N–H and O–H groups in total. The van der Waals surface area contributed by atoms with Crippen LogP contribution in [0.4, 0.5) is 26.3 Å². The van der Waals surface area contributed by atoms with E-state index in [2.05, 4.69) is 20.5 Å². The number of carbonyl (C=O) groups is 1. The number of hydrogen-bond acceptors (Lipinski definition) is 4. The number of nitrogens with one attached hydrogen (secondary N) is 1. The zero-order chi connectivity index (χ0) is 29.7. The molecule has 218 valence electrons. The van der Waals surface area contributed by atoms with Gasteiger partial charge in [-0.3, -0.25) is 9.48 Å². The Kier molecular flexibility index (Phi) is 7.51. The summed E-state index contributed by atoms with van der Waals surface area (Å²) in [6.45, 7) is 4.08. The predicted octanol–water partition coefficient (Wildman–Crippen LogP) is 7.10. The molecular formula is C27H25ClF6N6O. The van der Waals surface area contributed by atoms with E-state index in [1.54, 1.807) is 12.1 Å². The molecule has 0 atom stereocenters. The second-order valence-corrected chi connectivity index (χ2v) is 10.6. The molecule has 1 amide bonds. The topological polar surface area (TPSA) is 77.1 Å². The summed E-state index contributed by atoms with van der Waals surface area (Å²) in [5.41, 5.74) is -0.767. The Morgan fingerprint density at radius 1 is 1.05 bits per heavy atom. The zero-order valence-corrected chi connectivity index (χ0v) is 22.7. The number of halogens is 7. The fourth-order valence-electron chi connectivity index (χ4n) is 4.55. The lowest BCUT2D eigenvalue weighted by Crippen LogP contribution is -2.26. The average Bonchev–Trinajstić information content (AvgIpc) is 3.53. The summed E-state index contributed by atoms with van der Waals surface area (Å²) in [6.07, 6.45) is -7.83. The summed E-state index contributed by atoms with van der Waals surface area (Å²) in [5, 5.41) is 9.62. The zero-order valence-electron chi connectivity index (χ0n) is 21.9. The minimum absolute atomic E-state index is 0.0165. The van der Waals surface area contributed by atoms with Crippen molar-refractivity contribution in [3.05, 3.63) is 69.8 Å². The van der Waals surface area contributed by atoms with E-state index in [0.717, 1.165) is 17.7 Å². The van der Waals surface area contributed by atoms with Crippen LogP contribution in [0.2, 0.25) is 5.02 Å². The van der Waals surface area contributed by atoms with Gasteiger partial charge in [0.2, 0.25) is 0 Å². The lowest BCUT2D eigenvalue weighted by molar-refractivity contribution is -0.143. The van der Waals surface area contributed by atoms with Crippen molar-refractivity contribution in [1.29, 1.82) is 0 Å². The molecule has 0 unspecified atom stereocenters. The van der Waals surface area contributed by atoms with Crippen molar-refractivity contribution >= 4 is 23.2 Å². The third-order valence-electron chi connectivity index (χ3n) is 6.82. The lowest BCUT2D eigenvalue weighted by Gasteiger charge is -2.12. The van der Waals surface area contributed by atoms with Gasteiger partial charge in [-0.25, -0.2) is 9.50 Å². The highest BCUT2D eigenvalue weighted by Gasteiger charge is 2.42. The van der Waals surface area contributed by atoms with Gasteiger partial charge in [-0.15, -0.1) is 0 Å². The number of fused-ring (bicyclic) bond motifs is 1. The average molecular weight is 599 g/mol. The van der Waals surface area contributed by atoms with Gasteiger partial charge < -0.3 is 5.32 Å². The normalized spacial score (nSPS) is 14.3. The van der Waals surface area contributed by atoms with E-state index in [-0.39, 0.29) is 48.4 Å². The van der Waals surface area contributed by atoms with Crippen molar-refractivity contribution in [1.82, 2.24) is 29.7 Å². The summed E-state index contributed by atoms with van der Waals surface area (Å²) in [6, 6.07) is 9.07. The number of aromatic nitrogens is 5. The van der Waals surface area contributed by atoms with Gasteiger partial charge in [-0.05, 0) is 36.8 Å². The Morgan fingerprint density at radius 3 is 2.32 bits per heavy atom. The van der Waals surface area contributed by atoms with Crippen LogP contribution < -0.4 is 5.32 Å². The maximum absolute atomic E-state index is 13.9. The molecule has 3 heterocycles. The first kappa shape index (κ1) is 28.9. The van der Waals surface area contributed by atoms with E-state index in [9.17, 15) is 31.1 Å². The van der Waals surface area contributed by atoms with E-state index < -0.39 is 34.7 Å². The molecule has 3 aromatic heterocycles. The smallest absolute Gasteiger partial charge is 0.351 e. The van der Waals surface area contributed by atoms with Gasteiger partial charge in [0.15, 0.2) is 22.7 Å². The highest BCUT2D eigenvalue weighted by molar-refractivity contribution is 6.32. The number of alkyl halides is 6. The Bertz CT molecular complexity index is 1590. The SMILES string of the molecule is CC(C)c1ccc(-c2cc(C(F)(F)F)n3nc(C(=O)NCCCn4nc(C(F)(F)F)c(Cl)c4C4CC4)cc3n2)cc1. The highest BCUT2D eigenvalue weighted by atomic mass is 35.5. The van der Waals surface area contributed by atoms with E-state index in [1.807, 2.05) is 26.0 Å². The van der Waals surface area contributed by atoms with Crippen molar-refractivity contribution in [3.63, 3.8) is 0 Å². The van der Waals surface area contributed by atoms with Crippen LogP contribution in [-0.4, -0.2) is 36.8 Å². The second-order valence-electron chi connectivity index (χ2n) is 10.3. The number of carbonyl (C=O) groups excluding carboxylic acids is 1. The molecule has 0 spiro atoms. The van der Waals surface area contributed by atoms with Crippen LogP contribution in [0.25, 0.3) is 16.9 Å². The quantitative estimate of drug-likeness (QED) is 0.173. The number of hydrogen-bond donors (Lipinski definition) is 1. The maximum Gasteiger partial charge on any atom is 0.436 e. The van der Waals surface area contributed by atoms with Crippen LogP contribution in [0, 0.1) is 0 Å². The molecule has 5 rings (SSSR count). The van der Waals surface area contributed by atoms with Gasteiger partial charge >= 0.3 is 12.4 Å². The Balaban J connectivity index is 1.32. The molecule has 1 saturated carbocycles. The van der Waals surface area contributed by atoms with Gasteiger partial charge in [-0.2, -0.15) is 36.5 Å². The van der Waals surface area contributed by atoms with Crippen LogP contribution in [0.1, 0.15) is 78.1 Å². The van der Waals surface area contributed by atoms with Crippen LogP contribution in [-0.2, 0) is 18.9 Å². The Labute approximate surface area is 235 Å². The summed E-state index contributed by atoms with van der Waals surface area (Å²) in [4.78, 5) is 17.0. The van der Waals surface area contributed by atoms with Gasteiger partial charge in [-0.1, -0.05) is 49.7 Å². The molecule has 0 saturated heterocycles. The number of aryl methyl sites for hydroxylation is 1. The fraction of sp³-hybridized carbons (Fsp3) is 0.407. The van der Waals surface area contributed by atoms with Crippen molar-refractivity contribution < 1.29 is 31.1 Å². The molecule has 0 radical (unpaired) electrons. The van der Waals surface area contributed by atoms with E-state index in [1.165, 1.54) is 4.68 Å². The number of nitrogens with zero attached hydrogens (tertiary/aromatic N) is 5. The van der Waals surface area contributed by atoms with Gasteiger partial charge in [0, 0.05) is 30.6 Å². The van der Waals surface area contributed by atoms with Crippen molar-refractivity contribution in [2.24, 2.45) is 0 Å². The summed E-state index contributed by atoms with van der Waals surface area (Å²) in [5.74, 6) is -0.591. The van der Waals surface area contributed by atoms with Crippen LogP contribution in [0.3, 0.4) is 0 Å². The third kappa shape index (κ3) is 6.04. The van der Waals surface area contributed by atoms with Gasteiger partial charge in [0.05, 0.1) is 16.4 Å². The van der Waals surface area contributed by atoms with E-state index in [0.29, 0.717) is 28.6 Å². The van der Waals surface area contributed by atoms with Crippen LogP contribution in [0.5, 0.6) is 0 Å². The minimum Gasteiger partial charge on any atom is -0.351 e. The molecular weight excluding hydrogens is 574 g/mol. The molecule has 41 heavy (non-hydrogen) atoms. The largest absolute Gasteiger partial charge is 0.436 e. The lowest BCUT2D eigenvalue weighted by atomic mass is 10.0. The molecule has 1 aromatic carbocycles. The van der Waals surface area contributed by atoms with E-state index in [4.69, 9.17) is 11.6 Å². The molecule has 0 bridgehead atoms. The van der Waals surface area contributed by atoms with Crippen molar-refractivity contribution in [2.45, 2.75) is 63.8 Å². The first-order chi connectivity index (χ1) is 19.2. The first-order valence-corrected chi connectivity index (χ1v) is 13.3. The minimum atomic E-state index is -4.77. The van der Waals surface area contributed by atoms with E-state index >= 15 is 0 Å². The van der Waals surface area contributed by atoms with Gasteiger partial charge in [0.25, 0.3) is 5.91 Å². The molecule has 1 aliphatic rings. The number of amides is 1.